The Hall–Kier alpha value is -0.620. The molecule has 6 heteroatoms. The molecule has 1 aliphatic heterocycles. The van der Waals surface area contributed by atoms with Gasteiger partial charge in [0.15, 0.2) is 0 Å². The van der Waals surface area contributed by atoms with Crippen LogP contribution in [0.4, 0.5) is 0 Å². The predicted octanol–water partition coefficient (Wildman–Crippen LogP) is 1.76. The summed E-state index contributed by atoms with van der Waals surface area (Å²) < 4.78 is 26.4. The van der Waals surface area contributed by atoms with Gasteiger partial charge < -0.3 is 5.73 Å². The summed E-state index contributed by atoms with van der Waals surface area (Å²) in [5.74, 6) is 0. The highest BCUT2D eigenvalue weighted by Gasteiger charge is 2.30. The lowest BCUT2D eigenvalue weighted by molar-refractivity contribution is 0.316. The van der Waals surface area contributed by atoms with Gasteiger partial charge in [0.2, 0.25) is 10.0 Å². The van der Waals surface area contributed by atoms with E-state index in [1.807, 2.05) is 6.92 Å². The Labute approximate surface area is 113 Å². The van der Waals surface area contributed by atoms with Crippen molar-refractivity contribution >= 4 is 21.6 Å². The van der Waals surface area contributed by atoms with E-state index in [0.29, 0.717) is 13.1 Å². The van der Waals surface area contributed by atoms with Gasteiger partial charge in [-0.2, -0.15) is 4.31 Å². The maximum absolute atomic E-state index is 12.5. The van der Waals surface area contributed by atoms with Crippen LogP contribution in [0.15, 0.2) is 23.1 Å². The van der Waals surface area contributed by atoms with Crippen LogP contribution in [0.3, 0.4) is 0 Å². The summed E-state index contributed by atoms with van der Waals surface area (Å²) in [7, 11) is -3.53. The van der Waals surface area contributed by atoms with Crippen molar-refractivity contribution in [2.24, 2.45) is 5.73 Å². The maximum Gasteiger partial charge on any atom is 0.244 e. The first-order valence-electron chi connectivity index (χ1n) is 5.93. The summed E-state index contributed by atoms with van der Waals surface area (Å²) in [5, 5.41) is 0.264. The summed E-state index contributed by atoms with van der Waals surface area (Å²) in [6, 6.07) is 4.94. The fraction of sp³-hybridized carbons (Fsp3) is 0.500. The van der Waals surface area contributed by atoms with Crippen LogP contribution in [-0.4, -0.2) is 31.9 Å². The lowest BCUT2D eigenvalue weighted by atomic mass is 10.1. The maximum atomic E-state index is 12.5. The molecule has 0 saturated carbocycles. The molecule has 1 heterocycles. The molecule has 1 aliphatic rings. The van der Waals surface area contributed by atoms with Crippen LogP contribution in [-0.2, 0) is 10.0 Å². The molecule has 1 aromatic rings. The molecule has 18 heavy (non-hydrogen) atoms. The van der Waals surface area contributed by atoms with E-state index in [9.17, 15) is 8.42 Å². The van der Waals surface area contributed by atoms with Gasteiger partial charge in [0.05, 0.1) is 5.02 Å². The third-order valence-corrected chi connectivity index (χ3v) is 5.47. The van der Waals surface area contributed by atoms with Gasteiger partial charge in [-0.15, -0.1) is 0 Å². The largest absolute Gasteiger partial charge is 0.327 e. The molecule has 2 N–H and O–H groups in total. The van der Waals surface area contributed by atoms with E-state index in [0.717, 1.165) is 18.4 Å². The standard InChI is InChI=1S/C12H17ClN2O2S/c1-9-4-5-11(13)12(7-9)18(16,17)15-6-2-3-10(14)8-15/h4-5,7,10H,2-3,6,8,14H2,1H3. The fourth-order valence-electron chi connectivity index (χ4n) is 2.14. The van der Waals surface area contributed by atoms with Crippen molar-refractivity contribution < 1.29 is 8.42 Å². The molecule has 0 aliphatic carbocycles. The van der Waals surface area contributed by atoms with E-state index in [1.54, 1.807) is 18.2 Å². The molecule has 1 atom stereocenters. The average Bonchev–Trinajstić information content (AvgIpc) is 2.32. The number of halogens is 1. The van der Waals surface area contributed by atoms with Crippen LogP contribution < -0.4 is 5.73 Å². The van der Waals surface area contributed by atoms with Gasteiger partial charge in [-0.3, -0.25) is 0 Å². The van der Waals surface area contributed by atoms with Gasteiger partial charge in [0.1, 0.15) is 4.90 Å². The molecule has 2 rings (SSSR count). The van der Waals surface area contributed by atoms with Crippen molar-refractivity contribution in [2.75, 3.05) is 13.1 Å². The molecular weight excluding hydrogens is 272 g/mol. The first-order valence-corrected chi connectivity index (χ1v) is 7.75. The molecule has 0 radical (unpaired) electrons. The van der Waals surface area contributed by atoms with Crippen molar-refractivity contribution in [3.63, 3.8) is 0 Å². The summed E-state index contributed by atoms with van der Waals surface area (Å²) in [4.78, 5) is 0.179. The zero-order chi connectivity index (χ0) is 13.3. The SMILES string of the molecule is Cc1ccc(Cl)c(S(=O)(=O)N2CCCC(N)C2)c1. The Morgan fingerprint density at radius 2 is 2.17 bits per heavy atom. The molecular formula is C12H17ClN2O2S. The quantitative estimate of drug-likeness (QED) is 0.902. The zero-order valence-corrected chi connectivity index (χ0v) is 11.8. The minimum Gasteiger partial charge on any atom is -0.327 e. The highest BCUT2D eigenvalue weighted by molar-refractivity contribution is 7.89. The third kappa shape index (κ3) is 2.69. The number of nitrogens with zero attached hydrogens (tertiary/aromatic N) is 1. The second kappa shape index (κ2) is 5.17. The summed E-state index contributed by atoms with van der Waals surface area (Å²) >= 11 is 6.00. The van der Waals surface area contributed by atoms with Crippen LogP contribution in [0.5, 0.6) is 0 Å². The lowest BCUT2D eigenvalue weighted by Crippen LogP contribution is -2.45. The van der Waals surface area contributed by atoms with E-state index < -0.39 is 10.0 Å². The molecule has 0 spiro atoms. The number of aryl methyl sites for hydroxylation is 1. The topological polar surface area (TPSA) is 63.4 Å². The number of sulfonamides is 1. The van der Waals surface area contributed by atoms with E-state index in [1.165, 1.54) is 4.31 Å². The third-order valence-electron chi connectivity index (χ3n) is 3.13. The molecule has 0 bridgehead atoms. The Balaban J connectivity index is 2.38. The van der Waals surface area contributed by atoms with Crippen LogP contribution >= 0.6 is 11.6 Å². The predicted molar refractivity (Wildman–Crippen MR) is 72.2 cm³/mol. The minimum atomic E-state index is -3.53. The Bertz CT molecular complexity index is 545. The van der Waals surface area contributed by atoms with Gasteiger partial charge in [0.25, 0.3) is 0 Å². The molecule has 4 nitrogen and oxygen atoms in total. The second-order valence-electron chi connectivity index (χ2n) is 4.70. The molecule has 1 aromatic carbocycles. The van der Waals surface area contributed by atoms with Crippen LogP contribution in [0.2, 0.25) is 5.02 Å². The Kier molecular flexibility index (Phi) is 3.96. The monoisotopic (exact) mass is 288 g/mol. The molecule has 1 fully saturated rings. The number of rotatable bonds is 2. The average molecular weight is 289 g/mol. The van der Waals surface area contributed by atoms with Crippen LogP contribution in [0.1, 0.15) is 18.4 Å². The van der Waals surface area contributed by atoms with Gasteiger partial charge >= 0.3 is 0 Å². The highest BCUT2D eigenvalue weighted by Crippen LogP contribution is 2.27. The van der Waals surface area contributed by atoms with E-state index in [2.05, 4.69) is 0 Å². The van der Waals surface area contributed by atoms with Crippen molar-refractivity contribution in [3.05, 3.63) is 28.8 Å². The number of benzene rings is 1. The smallest absolute Gasteiger partial charge is 0.244 e. The first kappa shape index (κ1) is 13.8. The summed E-state index contributed by atoms with van der Waals surface area (Å²) in [6.07, 6.45) is 1.66. The van der Waals surface area contributed by atoms with Crippen molar-refractivity contribution in [1.29, 1.82) is 0 Å². The Morgan fingerprint density at radius 1 is 1.44 bits per heavy atom. The van der Waals surface area contributed by atoms with Gasteiger partial charge in [0, 0.05) is 19.1 Å². The number of piperidine rings is 1. The molecule has 0 aromatic heterocycles. The molecule has 0 amide bonds. The fourth-order valence-corrected chi connectivity index (χ4v) is 4.23. The molecule has 1 saturated heterocycles. The van der Waals surface area contributed by atoms with Gasteiger partial charge in [-0.05, 0) is 37.5 Å². The first-order chi connectivity index (χ1) is 8.41. The lowest BCUT2D eigenvalue weighted by Gasteiger charge is -2.30. The van der Waals surface area contributed by atoms with Gasteiger partial charge in [-0.25, -0.2) is 8.42 Å². The molecule has 1 unspecified atom stereocenters. The van der Waals surface area contributed by atoms with Crippen LogP contribution in [0, 0.1) is 6.92 Å². The summed E-state index contributed by atoms with van der Waals surface area (Å²) in [6.45, 7) is 2.73. The van der Waals surface area contributed by atoms with Crippen molar-refractivity contribution in [1.82, 2.24) is 4.31 Å². The normalized spacial score (nSPS) is 22.1. The van der Waals surface area contributed by atoms with E-state index >= 15 is 0 Å². The summed E-state index contributed by atoms with van der Waals surface area (Å²) in [5.41, 5.74) is 6.70. The number of hydrogen-bond acceptors (Lipinski definition) is 3. The number of nitrogens with two attached hydrogens (primary N) is 1. The van der Waals surface area contributed by atoms with E-state index in [4.69, 9.17) is 17.3 Å². The van der Waals surface area contributed by atoms with Crippen molar-refractivity contribution in [2.45, 2.75) is 30.7 Å². The van der Waals surface area contributed by atoms with Crippen molar-refractivity contribution in [3.8, 4) is 0 Å². The van der Waals surface area contributed by atoms with Crippen LogP contribution in [0.25, 0.3) is 0 Å². The van der Waals surface area contributed by atoms with E-state index in [-0.39, 0.29) is 16.0 Å². The van der Waals surface area contributed by atoms with Gasteiger partial charge in [-0.1, -0.05) is 17.7 Å². The molecule has 100 valence electrons. The zero-order valence-electron chi connectivity index (χ0n) is 10.3. The second-order valence-corrected chi connectivity index (χ2v) is 7.01. The highest BCUT2D eigenvalue weighted by atomic mass is 35.5. The Morgan fingerprint density at radius 3 is 2.83 bits per heavy atom. The number of hydrogen-bond donors (Lipinski definition) is 1. The minimum absolute atomic E-state index is 0.0860.